The third kappa shape index (κ3) is 5.29. The summed E-state index contributed by atoms with van der Waals surface area (Å²) in [7, 11) is 0. The van der Waals surface area contributed by atoms with Crippen LogP contribution in [0.2, 0.25) is 0 Å². The molecular formula is C26H28N4O3S. The first kappa shape index (κ1) is 22.6. The summed E-state index contributed by atoms with van der Waals surface area (Å²) in [6, 6.07) is 15.7. The number of amides is 2. The second kappa shape index (κ2) is 10.4. The summed E-state index contributed by atoms with van der Waals surface area (Å²) >= 11 is 1.64. The molecule has 0 unspecified atom stereocenters. The SMILES string of the molecule is O=C(Nc1ccc2nc(N3CCOCC3)sc2c1)C1CCN(C(=O)C=Cc2ccccc2)CC1. The van der Waals surface area contributed by atoms with Crippen LogP contribution in [0.15, 0.2) is 54.6 Å². The molecule has 0 aliphatic carbocycles. The molecule has 1 N–H and O–H groups in total. The van der Waals surface area contributed by atoms with Gasteiger partial charge < -0.3 is 19.9 Å². The number of morpholine rings is 1. The van der Waals surface area contributed by atoms with Gasteiger partial charge in [0.25, 0.3) is 0 Å². The second-order valence-corrected chi connectivity index (χ2v) is 9.62. The van der Waals surface area contributed by atoms with Gasteiger partial charge in [-0.05, 0) is 42.7 Å². The van der Waals surface area contributed by atoms with Gasteiger partial charge in [0.2, 0.25) is 11.8 Å². The van der Waals surface area contributed by atoms with E-state index in [2.05, 4.69) is 10.2 Å². The lowest BCUT2D eigenvalue weighted by atomic mass is 9.95. The summed E-state index contributed by atoms with van der Waals surface area (Å²) in [5, 5.41) is 4.07. The first-order chi connectivity index (χ1) is 16.7. The molecule has 0 atom stereocenters. The maximum absolute atomic E-state index is 12.9. The molecule has 3 heterocycles. The number of ether oxygens (including phenoxy) is 1. The minimum absolute atomic E-state index is 0.00516. The van der Waals surface area contributed by atoms with Crippen LogP contribution in [-0.2, 0) is 14.3 Å². The van der Waals surface area contributed by atoms with Gasteiger partial charge in [0.05, 0.1) is 23.4 Å². The van der Waals surface area contributed by atoms with Gasteiger partial charge in [0.15, 0.2) is 5.13 Å². The van der Waals surface area contributed by atoms with Gasteiger partial charge >= 0.3 is 0 Å². The smallest absolute Gasteiger partial charge is 0.246 e. The average Bonchev–Trinajstić information content (AvgIpc) is 3.32. The molecule has 0 saturated carbocycles. The van der Waals surface area contributed by atoms with Gasteiger partial charge in [-0.1, -0.05) is 41.7 Å². The van der Waals surface area contributed by atoms with Crippen molar-refractivity contribution in [3.63, 3.8) is 0 Å². The highest BCUT2D eigenvalue weighted by atomic mass is 32.1. The number of rotatable bonds is 5. The van der Waals surface area contributed by atoms with Crippen molar-refractivity contribution >= 4 is 50.3 Å². The van der Waals surface area contributed by atoms with E-state index in [9.17, 15) is 9.59 Å². The normalized spacial score (nSPS) is 17.4. The molecule has 34 heavy (non-hydrogen) atoms. The molecule has 2 saturated heterocycles. The Morgan fingerprint density at radius 3 is 2.56 bits per heavy atom. The van der Waals surface area contributed by atoms with Crippen LogP contribution in [0.1, 0.15) is 18.4 Å². The van der Waals surface area contributed by atoms with Crippen LogP contribution in [-0.4, -0.2) is 61.1 Å². The van der Waals surface area contributed by atoms with Gasteiger partial charge in [-0.15, -0.1) is 0 Å². The molecule has 8 heteroatoms. The number of nitrogens with one attached hydrogen (secondary N) is 1. The number of carbonyl (C=O) groups is 2. The average molecular weight is 477 g/mol. The van der Waals surface area contributed by atoms with Crippen molar-refractivity contribution in [2.45, 2.75) is 12.8 Å². The Balaban J connectivity index is 1.15. The first-order valence-electron chi connectivity index (χ1n) is 11.7. The minimum atomic E-state index is -0.0942. The molecule has 0 spiro atoms. The molecule has 0 radical (unpaired) electrons. The van der Waals surface area contributed by atoms with Crippen LogP contribution >= 0.6 is 11.3 Å². The third-order valence-electron chi connectivity index (χ3n) is 6.32. The van der Waals surface area contributed by atoms with Crippen LogP contribution in [0.4, 0.5) is 10.8 Å². The fourth-order valence-corrected chi connectivity index (χ4v) is 5.38. The molecule has 2 amide bonds. The molecule has 5 rings (SSSR count). The molecule has 176 valence electrons. The fourth-order valence-electron chi connectivity index (χ4n) is 4.32. The lowest BCUT2D eigenvalue weighted by Gasteiger charge is -2.30. The predicted molar refractivity (Wildman–Crippen MR) is 136 cm³/mol. The van der Waals surface area contributed by atoms with Gasteiger partial charge in [0, 0.05) is 43.9 Å². The summed E-state index contributed by atoms with van der Waals surface area (Å²) in [4.78, 5) is 34.2. The zero-order valence-electron chi connectivity index (χ0n) is 19.0. The summed E-state index contributed by atoms with van der Waals surface area (Å²) in [5.41, 5.74) is 2.74. The van der Waals surface area contributed by atoms with Crippen molar-refractivity contribution < 1.29 is 14.3 Å². The van der Waals surface area contributed by atoms with Crippen LogP contribution < -0.4 is 10.2 Å². The third-order valence-corrected chi connectivity index (χ3v) is 7.40. The predicted octanol–water partition coefficient (Wildman–Crippen LogP) is 4.02. The van der Waals surface area contributed by atoms with E-state index < -0.39 is 0 Å². The minimum Gasteiger partial charge on any atom is -0.378 e. The number of likely N-dealkylation sites (tertiary alicyclic amines) is 1. The zero-order valence-corrected chi connectivity index (χ0v) is 19.8. The van der Waals surface area contributed by atoms with E-state index in [1.807, 2.05) is 59.5 Å². The Morgan fingerprint density at radius 2 is 1.79 bits per heavy atom. The Bertz CT molecular complexity index is 1180. The Labute approximate surface area is 203 Å². The number of carbonyl (C=O) groups excluding carboxylic acids is 2. The van der Waals surface area contributed by atoms with E-state index in [-0.39, 0.29) is 17.7 Å². The lowest BCUT2D eigenvalue weighted by Crippen LogP contribution is -2.40. The highest BCUT2D eigenvalue weighted by molar-refractivity contribution is 7.22. The molecule has 2 aliphatic heterocycles. The largest absolute Gasteiger partial charge is 0.378 e. The molecular weight excluding hydrogens is 448 g/mol. The van der Waals surface area contributed by atoms with Crippen LogP contribution in [0, 0.1) is 5.92 Å². The standard InChI is InChI=1S/C26H28N4O3S/c31-24(9-6-19-4-2-1-3-5-19)29-12-10-20(11-13-29)25(32)27-21-7-8-22-23(18-21)34-26(28-22)30-14-16-33-17-15-30/h1-9,18,20H,10-17H2,(H,27,32). The zero-order chi connectivity index (χ0) is 23.3. The maximum Gasteiger partial charge on any atom is 0.246 e. The fraction of sp³-hybridized carbons (Fsp3) is 0.346. The molecule has 7 nitrogen and oxygen atoms in total. The summed E-state index contributed by atoms with van der Waals surface area (Å²) in [6.07, 6.45) is 4.79. The Kier molecular flexibility index (Phi) is 6.87. The molecule has 2 aromatic carbocycles. The van der Waals surface area contributed by atoms with Crippen molar-refractivity contribution in [3.05, 3.63) is 60.2 Å². The van der Waals surface area contributed by atoms with Crippen molar-refractivity contribution in [1.82, 2.24) is 9.88 Å². The number of thiazole rings is 1. The second-order valence-electron chi connectivity index (χ2n) is 8.61. The number of aromatic nitrogens is 1. The van der Waals surface area contributed by atoms with Crippen molar-refractivity contribution in [2.24, 2.45) is 5.92 Å². The maximum atomic E-state index is 12.9. The molecule has 1 aromatic heterocycles. The van der Waals surface area contributed by atoms with Crippen LogP contribution in [0.5, 0.6) is 0 Å². The van der Waals surface area contributed by atoms with E-state index in [0.717, 1.165) is 52.9 Å². The van der Waals surface area contributed by atoms with Gasteiger partial charge in [-0.2, -0.15) is 0 Å². The highest BCUT2D eigenvalue weighted by Crippen LogP contribution is 2.31. The number of piperidine rings is 1. The van der Waals surface area contributed by atoms with E-state index in [1.54, 1.807) is 17.4 Å². The number of benzene rings is 2. The number of hydrogen-bond donors (Lipinski definition) is 1. The number of anilines is 2. The van der Waals surface area contributed by atoms with E-state index in [4.69, 9.17) is 9.72 Å². The van der Waals surface area contributed by atoms with E-state index in [1.165, 1.54) is 0 Å². The van der Waals surface area contributed by atoms with Gasteiger partial charge in [-0.25, -0.2) is 4.98 Å². The first-order valence-corrected chi connectivity index (χ1v) is 12.5. The van der Waals surface area contributed by atoms with E-state index >= 15 is 0 Å². The summed E-state index contributed by atoms with van der Waals surface area (Å²) in [5.74, 6) is -0.0816. The van der Waals surface area contributed by atoms with Crippen LogP contribution in [0.3, 0.4) is 0 Å². The molecule has 0 bridgehead atoms. The number of fused-ring (bicyclic) bond motifs is 1. The molecule has 2 fully saturated rings. The van der Waals surface area contributed by atoms with E-state index in [0.29, 0.717) is 25.9 Å². The Morgan fingerprint density at radius 1 is 1.03 bits per heavy atom. The van der Waals surface area contributed by atoms with Crippen LogP contribution in [0.25, 0.3) is 16.3 Å². The Hall–Kier alpha value is -3.23. The molecule has 3 aromatic rings. The van der Waals surface area contributed by atoms with Crippen molar-refractivity contribution in [2.75, 3.05) is 49.6 Å². The quantitative estimate of drug-likeness (QED) is 0.563. The highest BCUT2D eigenvalue weighted by Gasteiger charge is 2.26. The van der Waals surface area contributed by atoms with Crippen molar-refractivity contribution in [3.8, 4) is 0 Å². The topological polar surface area (TPSA) is 74.8 Å². The van der Waals surface area contributed by atoms with Gasteiger partial charge in [0.1, 0.15) is 0 Å². The lowest BCUT2D eigenvalue weighted by molar-refractivity contribution is -0.130. The number of nitrogens with zero attached hydrogens (tertiary/aromatic N) is 3. The monoisotopic (exact) mass is 476 g/mol. The summed E-state index contributed by atoms with van der Waals surface area (Å²) in [6.45, 7) is 4.34. The molecule has 2 aliphatic rings. The number of hydrogen-bond acceptors (Lipinski definition) is 6. The summed E-state index contributed by atoms with van der Waals surface area (Å²) < 4.78 is 6.49. The van der Waals surface area contributed by atoms with Gasteiger partial charge in [-0.3, -0.25) is 9.59 Å². The van der Waals surface area contributed by atoms with Crippen molar-refractivity contribution in [1.29, 1.82) is 0 Å².